The SMILES string of the molecule is C=C(C)CCOc1nnc(CNCCOC)s1. The second kappa shape index (κ2) is 8.16. The van der Waals surface area contributed by atoms with Crippen LogP contribution in [0.3, 0.4) is 0 Å². The lowest BCUT2D eigenvalue weighted by Gasteiger charge is -2.00. The van der Waals surface area contributed by atoms with Crippen molar-refractivity contribution in [2.45, 2.75) is 19.9 Å². The standard InChI is InChI=1S/C11H19N3O2S/c1-9(2)4-6-16-11-14-13-10(17-11)8-12-5-7-15-3/h12H,1,4-8H2,2-3H3. The highest BCUT2D eigenvalue weighted by Crippen LogP contribution is 2.17. The maximum absolute atomic E-state index is 5.46. The molecule has 96 valence electrons. The summed E-state index contributed by atoms with van der Waals surface area (Å²) in [5, 5.41) is 12.7. The van der Waals surface area contributed by atoms with Gasteiger partial charge < -0.3 is 14.8 Å². The van der Waals surface area contributed by atoms with Crippen molar-refractivity contribution in [1.29, 1.82) is 0 Å². The molecular formula is C11H19N3O2S. The Hall–Kier alpha value is -0.980. The molecule has 0 unspecified atom stereocenters. The Labute approximate surface area is 106 Å². The number of aromatic nitrogens is 2. The van der Waals surface area contributed by atoms with Crippen molar-refractivity contribution in [3.05, 3.63) is 17.2 Å². The van der Waals surface area contributed by atoms with Crippen LogP contribution in [-0.4, -0.2) is 37.1 Å². The summed E-state index contributed by atoms with van der Waals surface area (Å²) in [7, 11) is 1.68. The molecule has 0 amide bonds. The first-order valence-corrected chi connectivity index (χ1v) is 6.33. The van der Waals surface area contributed by atoms with Crippen molar-refractivity contribution in [2.75, 3.05) is 26.9 Å². The molecule has 0 aliphatic heterocycles. The van der Waals surface area contributed by atoms with Gasteiger partial charge in [0.05, 0.1) is 13.2 Å². The summed E-state index contributed by atoms with van der Waals surface area (Å²) >= 11 is 1.47. The van der Waals surface area contributed by atoms with Crippen LogP contribution in [0.25, 0.3) is 0 Å². The van der Waals surface area contributed by atoms with Crippen molar-refractivity contribution < 1.29 is 9.47 Å². The van der Waals surface area contributed by atoms with Crippen molar-refractivity contribution in [1.82, 2.24) is 15.5 Å². The minimum Gasteiger partial charge on any atom is -0.469 e. The van der Waals surface area contributed by atoms with E-state index in [1.54, 1.807) is 7.11 Å². The van der Waals surface area contributed by atoms with Crippen molar-refractivity contribution in [3.63, 3.8) is 0 Å². The number of nitrogens with zero attached hydrogens (tertiary/aromatic N) is 2. The third kappa shape index (κ3) is 6.35. The Morgan fingerprint density at radius 2 is 2.24 bits per heavy atom. The maximum Gasteiger partial charge on any atom is 0.294 e. The molecule has 0 fully saturated rings. The lowest BCUT2D eigenvalue weighted by molar-refractivity contribution is 0.199. The summed E-state index contributed by atoms with van der Waals surface area (Å²) in [6, 6.07) is 0. The number of methoxy groups -OCH3 is 1. The Balaban J connectivity index is 2.20. The third-order valence-electron chi connectivity index (χ3n) is 1.96. The summed E-state index contributed by atoms with van der Waals surface area (Å²) in [6.45, 7) is 8.61. The van der Waals surface area contributed by atoms with Crippen LogP contribution in [0.4, 0.5) is 0 Å². The molecule has 1 N–H and O–H groups in total. The maximum atomic E-state index is 5.46. The van der Waals surface area contributed by atoms with E-state index in [9.17, 15) is 0 Å². The quantitative estimate of drug-likeness (QED) is 0.538. The molecule has 0 radical (unpaired) electrons. The smallest absolute Gasteiger partial charge is 0.294 e. The average Bonchev–Trinajstić information content (AvgIpc) is 2.72. The molecule has 1 aromatic heterocycles. The summed E-state index contributed by atoms with van der Waals surface area (Å²) in [5.41, 5.74) is 1.11. The molecule has 1 heterocycles. The zero-order valence-corrected chi connectivity index (χ0v) is 11.2. The predicted octanol–water partition coefficient (Wildman–Crippen LogP) is 1.62. The lowest BCUT2D eigenvalue weighted by Crippen LogP contribution is -2.18. The average molecular weight is 257 g/mol. The minimum atomic E-state index is 0.612. The van der Waals surface area contributed by atoms with Crippen molar-refractivity contribution in [3.8, 4) is 5.19 Å². The Morgan fingerprint density at radius 3 is 2.94 bits per heavy atom. The fourth-order valence-electron chi connectivity index (χ4n) is 1.05. The van der Waals surface area contributed by atoms with Crippen molar-refractivity contribution >= 4 is 11.3 Å². The second-order valence-electron chi connectivity index (χ2n) is 3.69. The number of ether oxygens (including phenoxy) is 2. The number of nitrogens with one attached hydrogen (secondary N) is 1. The molecule has 0 aliphatic carbocycles. The lowest BCUT2D eigenvalue weighted by atomic mass is 10.3. The number of hydrogen-bond acceptors (Lipinski definition) is 6. The first-order valence-electron chi connectivity index (χ1n) is 5.51. The van der Waals surface area contributed by atoms with Crippen LogP contribution in [0.15, 0.2) is 12.2 Å². The van der Waals surface area contributed by atoms with E-state index in [2.05, 4.69) is 22.1 Å². The molecule has 1 rings (SSSR count). The van der Waals surface area contributed by atoms with Crippen LogP contribution in [0.5, 0.6) is 5.19 Å². The normalized spacial score (nSPS) is 10.5. The highest BCUT2D eigenvalue weighted by Gasteiger charge is 2.04. The van der Waals surface area contributed by atoms with Gasteiger partial charge in [-0.25, -0.2) is 0 Å². The molecule has 5 nitrogen and oxygen atoms in total. The Bertz CT molecular complexity index is 341. The van der Waals surface area contributed by atoms with E-state index in [4.69, 9.17) is 9.47 Å². The van der Waals surface area contributed by atoms with Crippen LogP contribution < -0.4 is 10.1 Å². The van der Waals surface area contributed by atoms with E-state index in [1.807, 2.05) is 6.92 Å². The first kappa shape index (κ1) is 14.1. The van der Waals surface area contributed by atoms with Crippen LogP contribution in [0, 0.1) is 0 Å². The van der Waals surface area contributed by atoms with Crippen LogP contribution in [-0.2, 0) is 11.3 Å². The molecule has 0 saturated heterocycles. The monoisotopic (exact) mass is 257 g/mol. The highest BCUT2D eigenvalue weighted by atomic mass is 32.1. The zero-order valence-electron chi connectivity index (χ0n) is 10.4. The van der Waals surface area contributed by atoms with Gasteiger partial charge in [-0.15, -0.1) is 16.8 Å². The largest absolute Gasteiger partial charge is 0.469 e. The summed E-state index contributed by atoms with van der Waals surface area (Å²) in [6.07, 6.45) is 0.848. The van der Waals surface area contributed by atoms with Crippen LogP contribution in [0.2, 0.25) is 0 Å². The molecule has 1 aromatic rings. The van der Waals surface area contributed by atoms with E-state index < -0.39 is 0 Å². The molecule has 0 aromatic carbocycles. The number of rotatable bonds is 9. The van der Waals surface area contributed by atoms with E-state index >= 15 is 0 Å². The fraction of sp³-hybridized carbons (Fsp3) is 0.636. The summed E-state index contributed by atoms with van der Waals surface area (Å²) in [5.74, 6) is 0. The van der Waals surface area contributed by atoms with Gasteiger partial charge in [0.15, 0.2) is 0 Å². The second-order valence-corrected chi connectivity index (χ2v) is 4.71. The molecule has 0 aliphatic rings. The fourth-order valence-corrected chi connectivity index (χ4v) is 1.73. The molecule has 6 heteroatoms. The summed E-state index contributed by atoms with van der Waals surface area (Å²) in [4.78, 5) is 0. The third-order valence-corrected chi connectivity index (χ3v) is 2.80. The Morgan fingerprint density at radius 1 is 1.41 bits per heavy atom. The molecule has 17 heavy (non-hydrogen) atoms. The molecule has 0 spiro atoms. The number of hydrogen-bond donors (Lipinski definition) is 1. The summed E-state index contributed by atoms with van der Waals surface area (Å²) < 4.78 is 10.4. The van der Waals surface area contributed by atoms with E-state index in [-0.39, 0.29) is 0 Å². The zero-order chi connectivity index (χ0) is 12.5. The minimum absolute atomic E-state index is 0.612. The van der Waals surface area contributed by atoms with Gasteiger partial charge in [-0.3, -0.25) is 0 Å². The highest BCUT2D eigenvalue weighted by molar-refractivity contribution is 7.13. The van der Waals surface area contributed by atoms with Gasteiger partial charge in [-0.1, -0.05) is 16.9 Å². The predicted molar refractivity (Wildman–Crippen MR) is 68.4 cm³/mol. The molecular weight excluding hydrogens is 238 g/mol. The Kier molecular flexibility index (Phi) is 6.76. The molecule has 0 bridgehead atoms. The van der Waals surface area contributed by atoms with Gasteiger partial charge in [-0.2, -0.15) is 0 Å². The van der Waals surface area contributed by atoms with Gasteiger partial charge in [0, 0.05) is 26.6 Å². The van der Waals surface area contributed by atoms with Gasteiger partial charge in [0.2, 0.25) is 0 Å². The van der Waals surface area contributed by atoms with Gasteiger partial charge in [-0.05, 0) is 6.92 Å². The van der Waals surface area contributed by atoms with Gasteiger partial charge in [0.25, 0.3) is 5.19 Å². The van der Waals surface area contributed by atoms with E-state index in [0.29, 0.717) is 25.0 Å². The topological polar surface area (TPSA) is 56.3 Å². The molecule has 0 atom stereocenters. The van der Waals surface area contributed by atoms with Crippen LogP contribution >= 0.6 is 11.3 Å². The van der Waals surface area contributed by atoms with Gasteiger partial charge in [0.1, 0.15) is 5.01 Å². The van der Waals surface area contributed by atoms with Crippen LogP contribution in [0.1, 0.15) is 18.4 Å². The first-order chi connectivity index (χ1) is 8.22. The van der Waals surface area contributed by atoms with E-state index in [0.717, 1.165) is 23.5 Å². The van der Waals surface area contributed by atoms with Gasteiger partial charge >= 0.3 is 0 Å². The van der Waals surface area contributed by atoms with Crippen molar-refractivity contribution in [2.24, 2.45) is 0 Å². The molecule has 0 saturated carbocycles. The van der Waals surface area contributed by atoms with E-state index in [1.165, 1.54) is 11.3 Å².